The van der Waals surface area contributed by atoms with E-state index in [-0.39, 0.29) is 11.3 Å². The van der Waals surface area contributed by atoms with E-state index in [2.05, 4.69) is 27.4 Å². The number of amides is 1. The molecule has 1 atom stereocenters. The van der Waals surface area contributed by atoms with Crippen molar-refractivity contribution in [3.05, 3.63) is 0 Å². The molecule has 0 aromatic carbocycles. The molecule has 7 heteroatoms. The lowest BCUT2D eigenvalue weighted by molar-refractivity contribution is -0.128. The highest BCUT2D eigenvalue weighted by atomic mass is 16.5. The maximum Gasteiger partial charge on any atom is 0.225 e. The molecule has 2 saturated heterocycles. The van der Waals surface area contributed by atoms with Gasteiger partial charge in [-0.2, -0.15) is 0 Å². The zero-order chi connectivity index (χ0) is 19.7. The van der Waals surface area contributed by atoms with Gasteiger partial charge in [-0.15, -0.1) is 0 Å². The van der Waals surface area contributed by atoms with Gasteiger partial charge >= 0.3 is 0 Å². The molecule has 0 bridgehead atoms. The average Bonchev–Trinajstić information content (AvgIpc) is 3.15. The number of carbonyl (C=O) groups excluding carboxylic acids is 1. The van der Waals surface area contributed by atoms with Gasteiger partial charge in [0.1, 0.15) is 0 Å². The Morgan fingerprint density at radius 1 is 1.22 bits per heavy atom. The van der Waals surface area contributed by atoms with Crippen LogP contribution in [0.1, 0.15) is 53.4 Å². The second kappa shape index (κ2) is 10.9. The van der Waals surface area contributed by atoms with Crippen molar-refractivity contribution in [3.8, 4) is 0 Å². The number of piperidine rings is 1. The molecule has 0 saturated carbocycles. The summed E-state index contributed by atoms with van der Waals surface area (Å²) < 4.78 is 11.7. The molecule has 2 aliphatic heterocycles. The van der Waals surface area contributed by atoms with E-state index >= 15 is 0 Å². The third-order valence-electron chi connectivity index (χ3n) is 4.96. The van der Waals surface area contributed by atoms with Gasteiger partial charge in [0.2, 0.25) is 5.91 Å². The molecule has 0 aromatic rings. The number of hydrogen-bond donors (Lipinski definition) is 2. The number of nitrogens with zero attached hydrogens (tertiary/aromatic N) is 2. The van der Waals surface area contributed by atoms with Gasteiger partial charge < -0.3 is 25.0 Å². The zero-order valence-electron chi connectivity index (χ0n) is 17.6. The fraction of sp³-hybridized carbons (Fsp3) is 0.900. The molecule has 156 valence electrons. The van der Waals surface area contributed by atoms with E-state index in [0.717, 1.165) is 64.5 Å². The molecule has 0 radical (unpaired) electrons. The van der Waals surface area contributed by atoms with Crippen LogP contribution >= 0.6 is 0 Å². The van der Waals surface area contributed by atoms with Crippen LogP contribution in [-0.2, 0) is 14.3 Å². The van der Waals surface area contributed by atoms with E-state index in [1.54, 1.807) is 0 Å². The smallest absolute Gasteiger partial charge is 0.225 e. The van der Waals surface area contributed by atoms with Crippen LogP contribution in [0.5, 0.6) is 0 Å². The van der Waals surface area contributed by atoms with Gasteiger partial charge in [-0.25, -0.2) is 0 Å². The second-order valence-corrected chi connectivity index (χ2v) is 8.40. The molecule has 2 rings (SSSR count). The van der Waals surface area contributed by atoms with E-state index in [1.807, 2.05) is 20.8 Å². The van der Waals surface area contributed by atoms with Crippen LogP contribution in [0.15, 0.2) is 4.99 Å². The van der Waals surface area contributed by atoms with Crippen LogP contribution < -0.4 is 10.6 Å². The van der Waals surface area contributed by atoms with Crippen LogP contribution in [0.3, 0.4) is 0 Å². The molecule has 2 fully saturated rings. The van der Waals surface area contributed by atoms with Crippen molar-refractivity contribution in [2.24, 2.45) is 10.4 Å². The number of rotatable bonds is 7. The van der Waals surface area contributed by atoms with E-state index in [9.17, 15) is 4.79 Å². The Balaban J connectivity index is 1.71. The highest BCUT2D eigenvalue weighted by Crippen LogP contribution is 2.18. The van der Waals surface area contributed by atoms with Crippen molar-refractivity contribution in [3.63, 3.8) is 0 Å². The average molecular weight is 383 g/mol. The lowest BCUT2D eigenvalue weighted by Crippen LogP contribution is -2.47. The molecule has 7 nitrogen and oxygen atoms in total. The predicted molar refractivity (Wildman–Crippen MR) is 108 cm³/mol. The standard InChI is InChI=1S/C20H38N4O3/c1-5-21-19(23-11-10-22-18(25)20(2,3)4)24-12-8-16(9-13-24)27-15-17-7-6-14-26-17/h16-17H,5-15H2,1-4H3,(H,21,23)(H,22,25). The summed E-state index contributed by atoms with van der Waals surface area (Å²) in [5.41, 5.74) is -0.361. The van der Waals surface area contributed by atoms with Crippen molar-refractivity contribution in [1.82, 2.24) is 15.5 Å². The van der Waals surface area contributed by atoms with Crippen LogP contribution in [-0.4, -0.2) is 74.9 Å². The molecule has 2 heterocycles. The molecule has 2 aliphatic rings. The normalized spacial score (nSPS) is 22.1. The number of nitrogens with one attached hydrogen (secondary N) is 2. The largest absolute Gasteiger partial charge is 0.376 e. The first-order valence-electron chi connectivity index (χ1n) is 10.4. The van der Waals surface area contributed by atoms with Gasteiger partial charge in [0, 0.05) is 38.2 Å². The summed E-state index contributed by atoms with van der Waals surface area (Å²) in [5.74, 6) is 0.993. The Bertz CT molecular complexity index is 476. The molecule has 0 aliphatic carbocycles. The summed E-state index contributed by atoms with van der Waals surface area (Å²) >= 11 is 0. The first-order valence-corrected chi connectivity index (χ1v) is 10.4. The minimum atomic E-state index is -0.361. The van der Waals surface area contributed by atoms with E-state index in [0.29, 0.717) is 25.3 Å². The number of aliphatic imine (C=N–C) groups is 1. The van der Waals surface area contributed by atoms with Crippen molar-refractivity contribution in [2.75, 3.05) is 45.9 Å². The van der Waals surface area contributed by atoms with Gasteiger partial charge in [0.15, 0.2) is 5.96 Å². The van der Waals surface area contributed by atoms with Crippen molar-refractivity contribution >= 4 is 11.9 Å². The maximum absolute atomic E-state index is 11.9. The minimum Gasteiger partial charge on any atom is -0.376 e. The second-order valence-electron chi connectivity index (χ2n) is 8.40. The first kappa shape index (κ1) is 22.0. The Morgan fingerprint density at radius 3 is 2.56 bits per heavy atom. The molecular weight excluding hydrogens is 344 g/mol. The molecule has 1 amide bonds. The van der Waals surface area contributed by atoms with Crippen LogP contribution in [0.2, 0.25) is 0 Å². The zero-order valence-corrected chi connectivity index (χ0v) is 17.6. The third kappa shape index (κ3) is 7.66. The predicted octanol–water partition coefficient (Wildman–Crippen LogP) is 1.77. The summed E-state index contributed by atoms with van der Waals surface area (Å²) in [6, 6.07) is 0. The molecule has 0 aromatic heterocycles. The van der Waals surface area contributed by atoms with Gasteiger partial charge in [-0.3, -0.25) is 9.79 Å². The molecular formula is C20H38N4O3. The molecule has 2 N–H and O–H groups in total. The number of hydrogen-bond acceptors (Lipinski definition) is 4. The maximum atomic E-state index is 11.9. The summed E-state index contributed by atoms with van der Waals surface area (Å²) in [6.45, 7) is 13.3. The molecule has 0 spiro atoms. The van der Waals surface area contributed by atoms with Gasteiger partial charge in [-0.05, 0) is 32.6 Å². The lowest BCUT2D eigenvalue weighted by atomic mass is 9.96. The van der Waals surface area contributed by atoms with E-state index in [1.165, 1.54) is 0 Å². The van der Waals surface area contributed by atoms with Gasteiger partial charge in [0.25, 0.3) is 0 Å². The van der Waals surface area contributed by atoms with Crippen molar-refractivity contribution in [2.45, 2.75) is 65.6 Å². The number of likely N-dealkylation sites (tertiary alicyclic amines) is 1. The number of ether oxygens (including phenoxy) is 2. The Kier molecular flexibility index (Phi) is 8.83. The fourth-order valence-electron chi connectivity index (χ4n) is 3.28. The summed E-state index contributed by atoms with van der Waals surface area (Å²) in [6.07, 6.45) is 4.92. The van der Waals surface area contributed by atoms with E-state index in [4.69, 9.17) is 9.47 Å². The van der Waals surface area contributed by atoms with Gasteiger partial charge in [-0.1, -0.05) is 20.8 Å². The van der Waals surface area contributed by atoms with Crippen LogP contribution in [0, 0.1) is 5.41 Å². The lowest BCUT2D eigenvalue weighted by Gasteiger charge is -2.34. The molecule has 27 heavy (non-hydrogen) atoms. The Morgan fingerprint density at radius 2 is 1.96 bits per heavy atom. The molecule has 1 unspecified atom stereocenters. The summed E-state index contributed by atoms with van der Waals surface area (Å²) in [4.78, 5) is 18.9. The highest BCUT2D eigenvalue weighted by molar-refractivity contribution is 5.81. The van der Waals surface area contributed by atoms with Crippen LogP contribution in [0.25, 0.3) is 0 Å². The van der Waals surface area contributed by atoms with Crippen LogP contribution in [0.4, 0.5) is 0 Å². The monoisotopic (exact) mass is 382 g/mol. The SMILES string of the molecule is CCNC(=NCCNC(=O)C(C)(C)C)N1CCC(OCC2CCCO2)CC1. The highest BCUT2D eigenvalue weighted by Gasteiger charge is 2.24. The quantitative estimate of drug-likeness (QED) is 0.399. The minimum absolute atomic E-state index is 0.0620. The Labute approximate surface area is 164 Å². The van der Waals surface area contributed by atoms with Crippen molar-refractivity contribution < 1.29 is 14.3 Å². The fourth-order valence-corrected chi connectivity index (χ4v) is 3.28. The number of carbonyl (C=O) groups is 1. The van der Waals surface area contributed by atoms with Gasteiger partial charge in [0.05, 0.1) is 25.4 Å². The summed E-state index contributed by atoms with van der Waals surface area (Å²) in [7, 11) is 0. The van der Waals surface area contributed by atoms with E-state index < -0.39 is 0 Å². The van der Waals surface area contributed by atoms with Crippen molar-refractivity contribution in [1.29, 1.82) is 0 Å². The first-order chi connectivity index (χ1) is 12.9. The number of guanidine groups is 1. The third-order valence-corrected chi connectivity index (χ3v) is 4.96. The Hall–Kier alpha value is -1.34. The topological polar surface area (TPSA) is 75.2 Å². The summed E-state index contributed by atoms with van der Waals surface area (Å²) in [5, 5.41) is 6.31.